The SMILES string of the molecule is CNc1c(C(=O)N2CCOCC2C)cccc1C(F)(F)F. The third-order valence-electron chi connectivity index (χ3n) is 3.48. The first kappa shape index (κ1) is 15.6. The van der Waals surface area contributed by atoms with Crippen molar-refractivity contribution in [2.75, 3.05) is 32.1 Å². The van der Waals surface area contributed by atoms with Crippen molar-refractivity contribution in [1.29, 1.82) is 0 Å². The average molecular weight is 302 g/mol. The number of halogens is 3. The first-order valence-corrected chi connectivity index (χ1v) is 6.63. The highest BCUT2D eigenvalue weighted by atomic mass is 19.4. The van der Waals surface area contributed by atoms with Crippen molar-refractivity contribution in [2.45, 2.75) is 19.1 Å². The van der Waals surface area contributed by atoms with E-state index < -0.39 is 17.6 Å². The van der Waals surface area contributed by atoms with Gasteiger partial charge in [-0.1, -0.05) is 6.07 Å². The maximum Gasteiger partial charge on any atom is 0.418 e. The van der Waals surface area contributed by atoms with E-state index >= 15 is 0 Å². The van der Waals surface area contributed by atoms with Crippen LogP contribution in [0.1, 0.15) is 22.8 Å². The molecule has 1 heterocycles. The van der Waals surface area contributed by atoms with Gasteiger partial charge in [0.05, 0.1) is 36.1 Å². The molecule has 0 bridgehead atoms. The van der Waals surface area contributed by atoms with E-state index in [-0.39, 0.29) is 17.3 Å². The summed E-state index contributed by atoms with van der Waals surface area (Å²) in [5.74, 6) is -0.416. The second-order valence-electron chi connectivity index (χ2n) is 4.90. The molecule has 116 valence electrons. The maximum atomic E-state index is 13.0. The molecule has 21 heavy (non-hydrogen) atoms. The maximum absolute atomic E-state index is 13.0. The van der Waals surface area contributed by atoms with Gasteiger partial charge in [-0.25, -0.2) is 0 Å². The minimum Gasteiger partial charge on any atom is -0.387 e. The van der Waals surface area contributed by atoms with Crippen molar-refractivity contribution in [1.82, 2.24) is 4.90 Å². The van der Waals surface area contributed by atoms with Gasteiger partial charge in [-0.2, -0.15) is 13.2 Å². The van der Waals surface area contributed by atoms with Gasteiger partial charge in [0.25, 0.3) is 5.91 Å². The summed E-state index contributed by atoms with van der Waals surface area (Å²) in [7, 11) is 1.38. The second kappa shape index (κ2) is 5.93. The zero-order valence-electron chi connectivity index (χ0n) is 11.8. The van der Waals surface area contributed by atoms with Crippen LogP contribution in [-0.2, 0) is 10.9 Å². The van der Waals surface area contributed by atoms with E-state index in [0.29, 0.717) is 19.8 Å². The Hall–Kier alpha value is -1.76. The van der Waals surface area contributed by atoms with Crippen LogP contribution < -0.4 is 5.32 Å². The molecular weight excluding hydrogens is 285 g/mol. The zero-order valence-corrected chi connectivity index (χ0v) is 11.8. The van der Waals surface area contributed by atoms with E-state index in [4.69, 9.17) is 4.74 Å². The molecule has 0 aliphatic carbocycles. The van der Waals surface area contributed by atoms with E-state index in [2.05, 4.69) is 5.32 Å². The lowest BCUT2D eigenvalue weighted by Crippen LogP contribution is -2.47. The third-order valence-corrected chi connectivity index (χ3v) is 3.48. The number of nitrogens with one attached hydrogen (secondary N) is 1. The molecule has 2 rings (SSSR count). The smallest absolute Gasteiger partial charge is 0.387 e. The number of hydrogen-bond acceptors (Lipinski definition) is 3. The van der Waals surface area contributed by atoms with Crippen molar-refractivity contribution >= 4 is 11.6 Å². The van der Waals surface area contributed by atoms with Crippen molar-refractivity contribution in [3.63, 3.8) is 0 Å². The molecule has 1 aromatic carbocycles. The summed E-state index contributed by atoms with van der Waals surface area (Å²) < 4.78 is 44.3. The van der Waals surface area contributed by atoms with E-state index in [1.165, 1.54) is 19.2 Å². The van der Waals surface area contributed by atoms with Crippen molar-refractivity contribution in [2.24, 2.45) is 0 Å². The molecule has 1 aliphatic rings. The summed E-state index contributed by atoms with van der Waals surface area (Å²) in [6.45, 7) is 2.96. The number of anilines is 1. The summed E-state index contributed by atoms with van der Waals surface area (Å²) in [5.41, 5.74) is -0.994. The van der Waals surface area contributed by atoms with Gasteiger partial charge in [-0.3, -0.25) is 4.79 Å². The molecule has 1 amide bonds. The van der Waals surface area contributed by atoms with Crippen LogP contribution in [0, 0.1) is 0 Å². The molecule has 1 saturated heterocycles. The highest BCUT2D eigenvalue weighted by Crippen LogP contribution is 2.37. The molecule has 1 unspecified atom stereocenters. The van der Waals surface area contributed by atoms with Crippen LogP contribution in [-0.4, -0.2) is 43.7 Å². The van der Waals surface area contributed by atoms with Crippen LogP contribution in [0.4, 0.5) is 18.9 Å². The Bertz CT molecular complexity index is 531. The van der Waals surface area contributed by atoms with Crippen LogP contribution in [0.25, 0.3) is 0 Å². The number of hydrogen-bond donors (Lipinski definition) is 1. The van der Waals surface area contributed by atoms with E-state index in [1.54, 1.807) is 4.90 Å². The predicted molar refractivity (Wildman–Crippen MR) is 72.3 cm³/mol. The Kier molecular flexibility index (Phi) is 4.41. The van der Waals surface area contributed by atoms with Crippen molar-refractivity contribution in [3.8, 4) is 0 Å². The van der Waals surface area contributed by atoms with Gasteiger partial charge in [-0.05, 0) is 19.1 Å². The molecule has 1 aromatic rings. The quantitative estimate of drug-likeness (QED) is 0.913. The Balaban J connectivity index is 2.41. The number of alkyl halides is 3. The van der Waals surface area contributed by atoms with Crippen LogP contribution in [0.15, 0.2) is 18.2 Å². The zero-order chi connectivity index (χ0) is 15.6. The van der Waals surface area contributed by atoms with Gasteiger partial charge in [-0.15, -0.1) is 0 Å². The van der Waals surface area contributed by atoms with Crippen molar-refractivity contribution in [3.05, 3.63) is 29.3 Å². The molecule has 7 heteroatoms. The Morgan fingerprint density at radius 2 is 2.14 bits per heavy atom. The largest absolute Gasteiger partial charge is 0.418 e. The van der Waals surface area contributed by atoms with Gasteiger partial charge in [0, 0.05) is 13.6 Å². The number of carbonyl (C=O) groups is 1. The fourth-order valence-electron chi connectivity index (χ4n) is 2.42. The Morgan fingerprint density at radius 3 is 2.71 bits per heavy atom. The van der Waals surface area contributed by atoms with E-state index in [0.717, 1.165) is 6.07 Å². The first-order chi connectivity index (χ1) is 9.86. The predicted octanol–water partition coefficient (Wildman–Crippen LogP) is 2.61. The van der Waals surface area contributed by atoms with Gasteiger partial charge in [0.2, 0.25) is 0 Å². The van der Waals surface area contributed by atoms with Crippen LogP contribution in [0.5, 0.6) is 0 Å². The summed E-state index contributed by atoms with van der Waals surface area (Å²) >= 11 is 0. The third kappa shape index (κ3) is 3.12. The molecule has 1 N–H and O–H groups in total. The molecule has 1 aliphatic heterocycles. The van der Waals surface area contributed by atoms with Gasteiger partial charge in [0.15, 0.2) is 0 Å². The standard InChI is InChI=1S/C14H17F3N2O2/c1-9-8-21-7-6-19(9)13(20)10-4-3-5-11(12(10)18-2)14(15,16)17/h3-5,9,18H,6-8H2,1-2H3. The number of carbonyl (C=O) groups excluding carboxylic acids is 1. The van der Waals surface area contributed by atoms with Crippen LogP contribution in [0.2, 0.25) is 0 Å². The number of benzene rings is 1. The Labute approximate surface area is 120 Å². The fraction of sp³-hybridized carbons (Fsp3) is 0.500. The average Bonchev–Trinajstić information content (AvgIpc) is 2.45. The molecule has 4 nitrogen and oxygen atoms in total. The van der Waals surface area contributed by atoms with Gasteiger partial charge in [0.1, 0.15) is 0 Å². The number of ether oxygens (including phenoxy) is 1. The van der Waals surface area contributed by atoms with Crippen LogP contribution >= 0.6 is 0 Å². The minimum absolute atomic E-state index is 0.0288. The molecule has 0 radical (unpaired) electrons. The topological polar surface area (TPSA) is 41.6 Å². The lowest BCUT2D eigenvalue weighted by Gasteiger charge is -2.34. The number of amides is 1. The molecular formula is C14H17F3N2O2. The normalized spacial score (nSPS) is 19.5. The summed E-state index contributed by atoms with van der Waals surface area (Å²) in [4.78, 5) is 14.1. The highest BCUT2D eigenvalue weighted by Gasteiger charge is 2.36. The molecule has 0 spiro atoms. The number of morpholine rings is 1. The lowest BCUT2D eigenvalue weighted by molar-refractivity contribution is -0.136. The number of nitrogens with zero attached hydrogens (tertiary/aromatic N) is 1. The molecule has 0 saturated carbocycles. The second-order valence-corrected chi connectivity index (χ2v) is 4.90. The summed E-state index contributed by atoms with van der Waals surface area (Å²) in [6.07, 6.45) is -4.51. The lowest BCUT2D eigenvalue weighted by atomic mass is 10.0. The van der Waals surface area contributed by atoms with E-state index in [9.17, 15) is 18.0 Å². The molecule has 0 aromatic heterocycles. The number of rotatable bonds is 2. The van der Waals surface area contributed by atoms with Gasteiger partial charge < -0.3 is 15.0 Å². The highest BCUT2D eigenvalue weighted by molar-refractivity contribution is 6.00. The van der Waals surface area contributed by atoms with Crippen LogP contribution in [0.3, 0.4) is 0 Å². The fourth-order valence-corrected chi connectivity index (χ4v) is 2.42. The molecule has 1 atom stereocenters. The van der Waals surface area contributed by atoms with Crippen molar-refractivity contribution < 1.29 is 22.7 Å². The van der Waals surface area contributed by atoms with Gasteiger partial charge >= 0.3 is 6.18 Å². The number of para-hydroxylation sites is 1. The summed E-state index contributed by atoms with van der Waals surface area (Å²) in [6, 6.07) is 3.46. The minimum atomic E-state index is -4.51. The monoisotopic (exact) mass is 302 g/mol. The Morgan fingerprint density at radius 1 is 1.43 bits per heavy atom. The first-order valence-electron chi connectivity index (χ1n) is 6.63. The molecule has 1 fully saturated rings. The van der Waals surface area contributed by atoms with E-state index in [1.807, 2.05) is 6.92 Å². The summed E-state index contributed by atoms with van der Waals surface area (Å²) in [5, 5.41) is 2.51.